The first-order valence-electron chi connectivity index (χ1n) is 12.0. The fourth-order valence-electron chi connectivity index (χ4n) is 4.20. The third-order valence-corrected chi connectivity index (χ3v) is 8.50. The Bertz CT molecular complexity index is 1730. The second-order valence-corrected chi connectivity index (χ2v) is 11.8. The quantitative estimate of drug-likeness (QED) is 0.262. The largest absolute Gasteiger partial charge is 0.279 e. The van der Waals surface area contributed by atoms with Gasteiger partial charge in [-0.25, -0.2) is 13.4 Å². The van der Waals surface area contributed by atoms with Gasteiger partial charge in [0.2, 0.25) is 0 Å². The number of nitrogens with one attached hydrogen (secondary N) is 1. The van der Waals surface area contributed by atoms with E-state index < -0.39 is 10.0 Å². The summed E-state index contributed by atoms with van der Waals surface area (Å²) in [6.07, 6.45) is 3.38. The molecule has 2 aromatic heterocycles. The number of nitrogens with zero attached hydrogens (tertiary/aromatic N) is 3. The van der Waals surface area contributed by atoms with E-state index in [0.29, 0.717) is 5.13 Å². The molecule has 0 spiro atoms. The van der Waals surface area contributed by atoms with E-state index in [4.69, 9.17) is 4.98 Å². The highest BCUT2D eigenvalue weighted by atomic mass is 32.2. The minimum Gasteiger partial charge on any atom is -0.279 e. The van der Waals surface area contributed by atoms with Gasteiger partial charge in [0.15, 0.2) is 5.13 Å². The van der Waals surface area contributed by atoms with Crippen molar-refractivity contribution in [3.05, 3.63) is 113 Å². The molecular weight excluding hydrogens is 516 g/mol. The van der Waals surface area contributed by atoms with Gasteiger partial charge in [0.1, 0.15) is 0 Å². The monoisotopic (exact) mass is 542 g/mol. The van der Waals surface area contributed by atoms with Crippen molar-refractivity contribution in [3.63, 3.8) is 0 Å². The van der Waals surface area contributed by atoms with Crippen LogP contribution in [-0.2, 0) is 16.6 Å². The molecular formula is C29H26N4O3S2. The lowest BCUT2D eigenvalue weighted by Crippen LogP contribution is -2.31. The number of fused-ring (bicyclic) bond motifs is 1. The van der Waals surface area contributed by atoms with Crippen LogP contribution in [0.4, 0.5) is 10.8 Å². The molecule has 2 heterocycles. The number of sulfonamides is 1. The van der Waals surface area contributed by atoms with Gasteiger partial charge < -0.3 is 0 Å². The average molecular weight is 543 g/mol. The van der Waals surface area contributed by atoms with Crippen molar-refractivity contribution < 1.29 is 13.2 Å². The average Bonchev–Trinajstić information content (AvgIpc) is 3.32. The first-order chi connectivity index (χ1) is 18.2. The fourth-order valence-corrected chi connectivity index (χ4v) is 6.42. The molecule has 192 valence electrons. The molecule has 3 aromatic carbocycles. The van der Waals surface area contributed by atoms with Gasteiger partial charge in [-0.3, -0.25) is 19.4 Å². The first kappa shape index (κ1) is 25.6. The van der Waals surface area contributed by atoms with Crippen molar-refractivity contribution in [1.29, 1.82) is 0 Å². The van der Waals surface area contributed by atoms with Crippen LogP contribution in [0.2, 0.25) is 0 Å². The number of para-hydroxylation sites is 1. The predicted octanol–water partition coefficient (Wildman–Crippen LogP) is 6.26. The number of rotatable bonds is 7. The Kier molecular flexibility index (Phi) is 6.96. The molecule has 0 aliphatic heterocycles. The number of carbonyl (C=O) groups is 1. The van der Waals surface area contributed by atoms with Crippen LogP contribution in [0, 0.1) is 20.8 Å². The molecule has 0 saturated heterocycles. The van der Waals surface area contributed by atoms with Crippen molar-refractivity contribution in [3.8, 4) is 0 Å². The zero-order chi connectivity index (χ0) is 26.9. The van der Waals surface area contributed by atoms with E-state index >= 15 is 0 Å². The van der Waals surface area contributed by atoms with Gasteiger partial charge in [-0.1, -0.05) is 53.3 Å². The summed E-state index contributed by atoms with van der Waals surface area (Å²) in [5.74, 6) is -0.371. The van der Waals surface area contributed by atoms with Crippen LogP contribution in [-0.4, -0.2) is 24.3 Å². The molecule has 5 aromatic rings. The number of pyridine rings is 1. The van der Waals surface area contributed by atoms with Gasteiger partial charge in [0, 0.05) is 12.4 Å². The first-order valence-corrected chi connectivity index (χ1v) is 14.3. The van der Waals surface area contributed by atoms with Crippen LogP contribution in [0.25, 0.3) is 10.2 Å². The topological polar surface area (TPSA) is 92.3 Å². The molecule has 0 aliphatic rings. The molecule has 9 heteroatoms. The third-order valence-electron chi connectivity index (χ3n) is 6.09. The van der Waals surface area contributed by atoms with Gasteiger partial charge in [-0.05, 0) is 73.9 Å². The Hall–Kier alpha value is -4.08. The van der Waals surface area contributed by atoms with E-state index in [0.717, 1.165) is 32.5 Å². The highest BCUT2D eigenvalue weighted by Crippen LogP contribution is 2.34. The van der Waals surface area contributed by atoms with Crippen molar-refractivity contribution in [2.75, 3.05) is 9.62 Å². The molecule has 0 radical (unpaired) electrons. The maximum atomic E-state index is 14.1. The lowest BCUT2D eigenvalue weighted by atomic mass is 10.1. The van der Waals surface area contributed by atoms with Crippen LogP contribution in [0.15, 0.2) is 90.1 Å². The third kappa shape index (κ3) is 5.29. The maximum absolute atomic E-state index is 14.1. The number of aryl methyl sites for hydroxylation is 3. The van der Waals surface area contributed by atoms with Gasteiger partial charge >= 0.3 is 0 Å². The van der Waals surface area contributed by atoms with Gasteiger partial charge in [-0.15, -0.1) is 0 Å². The van der Waals surface area contributed by atoms with Crippen LogP contribution >= 0.6 is 11.3 Å². The number of aromatic nitrogens is 2. The molecule has 1 N–H and O–H groups in total. The summed E-state index contributed by atoms with van der Waals surface area (Å²) in [6, 6.07) is 21.0. The molecule has 0 bridgehead atoms. The summed E-state index contributed by atoms with van der Waals surface area (Å²) in [5, 5.41) is 0.527. The zero-order valence-corrected chi connectivity index (χ0v) is 22.8. The molecule has 1 amide bonds. The van der Waals surface area contributed by atoms with E-state index in [1.54, 1.807) is 65.8 Å². The summed E-state index contributed by atoms with van der Waals surface area (Å²) in [7, 11) is -3.91. The highest BCUT2D eigenvalue weighted by molar-refractivity contribution is 7.92. The number of benzene rings is 3. The Morgan fingerprint density at radius 2 is 1.71 bits per heavy atom. The fraction of sp³-hybridized carbons (Fsp3) is 0.138. The number of anilines is 2. The van der Waals surface area contributed by atoms with Crippen LogP contribution in [0.3, 0.4) is 0 Å². The van der Waals surface area contributed by atoms with Crippen molar-refractivity contribution >= 4 is 48.3 Å². The standard InChI is InChI=1S/C29H26N4O3S2/c1-19-10-12-23(13-11-19)38(35,36)32-25-9-5-4-8-24(25)28(34)33(18-22-7-6-14-30-17-22)29-31-27-21(3)15-20(2)16-26(27)37-29/h4-17,32H,18H2,1-3H3. The Balaban J connectivity index is 1.56. The van der Waals surface area contributed by atoms with Crippen LogP contribution in [0.5, 0.6) is 0 Å². The van der Waals surface area contributed by atoms with Crippen LogP contribution < -0.4 is 9.62 Å². The minimum atomic E-state index is -3.91. The Labute approximate surface area is 225 Å². The van der Waals surface area contributed by atoms with Crippen molar-refractivity contribution in [2.45, 2.75) is 32.2 Å². The van der Waals surface area contributed by atoms with E-state index in [9.17, 15) is 13.2 Å². The number of hydrogen-bond acceptors (Lipinski definition) is 6. The van der Waals surface area contributed by atoms with E-state index in [2.05, 4.69) is 21.8 Å². The van der Waals surface area contributed by atoms with E-state index in [1.165, 1.54) is 11.3 Å². The summed E-state index contributed by atoms with van der Waals surface area (Å²) in [6.45, 7) is 6.14. The SMILES string of the molecule is Cc1ccc(S(=O)(=O)Nc2ccccc2C(=O)N(Cc2cccnc2)c2nc3c(C)cc(C)cc3s2)cc1. The molecule has 7 nitrogen and oxygen atoms in total. The summed E-state index contributed by atoms with van der Waals surface area (Å²) in [5.41, 5.74) is 5.18. The number of carbonyl (C=O) groups excluding carboxylic acids is 1. The maximum Gasteiger partial charge on any atom is 0.262 e. The molecule has 0 saturated carbocycles. The molecule has 0 fully saturated rings. The van der Waals surface area contributed by atoms with Crippen LogP contribution in [0.1, 0.15) is 32.6 Å². The molecule has 0 atom stereocenters. The molecule has 0 unspecified atom stereocenters. The summed E-state index contributed by atoms with van der Waals surface area (Å²) < 4.78 is 29.9. The normalized spacial score (nSPS) is 11.4. The second-order valence-electron chi connectivity index (χ2n) is 9.14. The number of thiazole rings is 1. The molecule has 5 rings (SSSR count). The Morgan fingerprint density at radius 1 is 0.947 bits per heavy atom. The molecule has 38 heavy (non-hydrogen) atoms. The Morgan fingerprint density at radius 3 is 2.45 bits per heavy atom. The second kappa shape index (κ2) is 10.4. The lowest BCUT2D eigenvalue weighted by molar-refractivity contribution is 0.0986. The predicted molar refractivity (Wildman–Crippen MR) is 152 cm³/mol. The number of hydrogen-bond donors (Lipinski definition) is 1. The minimum absolute atomic E-state index is 0.120. The van der Waals surface area contributed by atoms with Gasteiger partial charge in [0.05, 0.1) is 32.9 Å². The van der Waals surface area contributed by atoms with Gasteiger partial charge in [0.25, 0.3) is 15.9 Å². The highest BCUT2D eigenvalue weighted by Gasteiger charge is 2.26. The summed E-state index contributed by atoms with van der Waals surface area (Å²) in [4.78, 5) is 24.8. The zero-order valence-electron chi connectivity index (χ0n) is 21.2. The van der Waals surface area contributed by atoms with E-state index in [-0.39, 0.29) is 28.6 Å². The summed E-state index contributed by atoms with van der Waals surface area (Å²) >= 11 is 1.43. The molecule has 0 aliphatic carbocycles. The van der Waals surface area contributed by atoms with Gasteiger partial charge in [-0.2, -0.15) is 0 Å². The number of amides is 1. The van der Waals surface area contributed by atoms with Crippen molar-refractivity contribution in [2.24, 2.45) is 0 Å². The van der Waals surface area contributed by atoms with E-state index in [1.807, 2.05) is 32.9 Å². The van der Waals surface area contributed by atoms with Crippen molar-refractivity contribution in [1.82, 2.24) is 9.97 Å². The lowest BCUT2D eigenvalue weighted by Gasteiger charge is -2.22. The smallest absolute Gasteiger partial charge is 0.262 e.